The molecule has 0 aliphatic heterocycles. The predicted octanol–water partition coefficient (Wildman–Crippen LogP) is 0.625. The molecule has 1 atom stereocenters. The number of carbonyl (C=O) groups excluding carboxylic acids is 1. The maximum atomic E-state index is 11.8. The lowest BCUT2D eigenvalue weighted by Gasteiger charge is -2.15. The number of hydrogen-bond acceptors (Lipinski definition) is 7. The van der Waals surface area contributed by atoms with Gasteiger partial charge in [-0.2, -0.15) is 0 Å². The molecule has 1 aromatic rings. The number of nitrogen functional groups attached to an aromatic ring is 1. The molecule has 118 valence electrons. The van der Waals surface area contributed by atoms with Crippen LogP contribution in [0.1, 0.15) is 33.0 Å². The van der Waals surface area contributed by atoms with Crippen LogP contribution in [0.3, 0.4) is 0 Å². The Hall–Kier alpha value is -1.93. The van der Waals surface area contributed by atoms with Crippen molar-refractivity contribution in [3.63, 3.8) is 0 Å². The van der Waals surface area contributed by atoms with Gasteiger partial charge >= 0.3 is 0 Å². The fraction of sp³-hybridized carbons (Fsp3) is 0.615. The normalized spacial score (nSPS) is 11.8. The van der Waals surface area contributed by atoms with Crippen LogP contribution < -0.4 is 21.9 Å². The van der Waals surface area contributed by atoms with Crippen LogP contribution in [0.25, 0.3) is 0 Å². The van der Waals surface area contributed by atoms with Gasteiger partial charge < -0.3 is 20.8 Å². The quantitative estimate of drug-likeness (QED) is 0.390. The molecule has 0 bridgehead atoms. The fourth-order valence-electron chi connectivity index (χ4n) is 1.59. The second-order valence-electron chi connectivity index (χ2n) is 4.49. The Bertz CT molecular complexity index is 454. The van der Waals surface area contributed by atoms with Gasteiger partial charge in [-0.25, -0.2) is 15.8 Å². The van der Waals surface area contributed by atoms with Gasteiger partial charge in [-0.3, -0.25) is 4.79 Å². The Labute approximate surface area is 124 Å². The topological polar surface area (TPSA) is 114 Å². The fourth-order valence-corrected chi connectivity index (χ4v) is 1.59. The average Bonchev–Trinajstić information content (AvgIpc) is 2.50. The number of hydrogen-bond donors (Lipinski definition) is 4. The highest BCUT2D eigenvalue weighted by molar-refractivity contribution is 5.83. The number of amides is 1. The van der Waals surface area contributed by atoms with Crippen molar-refractivity contribution in [1.82, 2.24) is 15.3 Å². The van der Waals surface area contributed by atoms with Crippen molar-refractivity contribution < 1.29 is 9.53 Å². The van der Waals surface area contributed by atoms with Gasteiger partial charge in [0.15, 0.2) is 5.82 Å². The Morgan fingerprint density at radius 1 is 1.38 bits per heavy atom. The van der Waals surface area contributed by atoms with Crippen LogP contribution in [-0.4, -0.2) is 35.1 Å². The van der Waals surface area contributed by atoms with E-state index in [4.69, 9.17) is 10.6 Å². The largest absolute Gasteiger partial charge is 0.374 e. The van der Waals surface area contributed by atoms with Crippen molar-refractivity contribution in [3.05, 3.63) is 11.9 Å². The summed E-state index contributed by atoms with van der Waals surface area (Å²) >= 11 is 0. The molecule has 0 radical (unpaired) electrons. The molecule has 1 aromatic heterocycles. The number of nitrogens with zero attached hydrogens (tertiary/aromatic N) is 2. The van der Waals surface area contributed by atoms with Crippen LogP contribution in [0.15, 0.2) is 6.07 Å². The van der Waals surface area contributed by atoms with E-state index in [1.54, 1.807) is 13.0 Å². The molecule has 1 heterocycles. The van der Waals surface area contributed by atoms with E-state index in [2.05, 4.69) is 26.0 Å². The molecule has 0 aromatic carbocycles. The summed E-state index contributed by atoms with van der Waals surface area (Å²) in [6, 6.07) is 1.23. The van der Waals surface area contributed by atoms with E-state index in [0.29, 0.717) is 30.6 Å². The van der Waals surface area contributed by atoms with Crippen molar-refractivity contribution in [2.75, 3.05) is 23.9 Å². The smallest absolute Gasteiger partial charge is 0.242 e. The van der Waals surface area contributed by atoms with Gasteiger partial charge in [-0.1, -0.05) is 6.92 Å². The molecular formula is C13H24N6O2. The van der Waals surface area contributed by atoms with E-state index in [1.165, 1.54) is 0 Å². The molecule has 0 saturated carbocycles. The molecule has 0 aliphatic rings. The van der Waals surface area contributed by atoms with Crippen LogP contribution in [0.2, 0.25) is 0 Å². The standard InChI is InChI=1S/C13H24N6O2/c1-4-6-15-13(20)9(3)16-10-7-11(19-14)18-12(17-10)8-21-5-2/h7,9H,4-6,8,14H2,1-3H3,(H,15,20)(H2,16,17,18,19). The number of carbonyl (C=O) groups is 1. The molecule has 5 N–H and O–H groups in total. The van der Waals surface area contributed by atoms with Crippen LogP contribution >= 0.6 is 0 Å². The third-order valence-electron chi connectivity index (χ3n) is 2.66. The summed E-state index contributed by atoms with van der Waals surface area (Å²) in [5.41, 5.74) is 2.47. The van der Waals surface area contributed by atoms with Gasteiger partial charge in [-0.05, 0) is 20.3 Å². The van der Waals surface area contributed by atoms with Gasteiger partial charge in [0.2, 0.25) is 5.91 Å². The van der Waals surface area contributed by atoms with Crippen molar-refractivity contribution in [1.29, 1.82) is 0 Å². The summed E-state index contributed by atoms with van der Waals surface area (Å²) in [6.07, 6.45) is 0.895. The summed E-state index contributed by atoms with van der Waals surface area (Å²) in [5.74, 6) is 6.78. The number of nitrogens with two attached hydrogens (primary N) is 1. The van der Waals surface area contributed by atoms with E-state index in [0.717, 1.165) is 6.42 Å². The minimum atomic E-state index is -0.406. The van der Waals surface area contributed by atoms with E-state index >= 15 is 0 Å². The highest BCUT2D eigenvalue weighted by Crippen LogP contribution is 2.12. The molecule has 1 rings (SSSR count). The van der Waals surface area contributed by atoms with E-state index in [1.807, 2.05) is 13.8 Å². The van der Waals surface area contributed by atoms with Crippen molar-refractivity contribution in [2.24, 2.45) is 5.84 Å². The molecule has 0 aliphatic carbocycles. The highest BCUT2D eigenvalue weighted by atomic mass is 16.5. The van der Waals surface area contributed by atoms with Gasteiger partial charge in [0.1, 0.15) is 24.3 Å². The number of nitrogens with one attached hydrogen (secondary N) is 3. The molecule has 0 saturated heterocycles. The summed E-state index contributed by atoms with van der Waals surface area (Å²) in [6.45, 7) is 7.18. The number of anilines is 2. The van der Waals surface area contributed by atoms with Gasteiger partial charge in [0.25, 0.3) is 0 Å². The Balaban J connectivity index is 2.74. The van der Waals surface area contributed by atoms with Gasteiger partial charge in [0, 0.05) is 19.2 Å². The second-order valence-corrected chi connectivity index (χ2v) is 4.49. The predicted molar refractivity (Wildman–Crippen MR) is 81.6 cm³/mol. The van der Waals surface area contributed by atoms with Crippen LogP contribution in [-0.2, 0) is 16.1 Å². The van der Waals surface area contributed by atoms with Crippen LogP contribution in [0.5, 0.6) is 0 Å². The van der Waals surface area contributed by atoms with Crippen molar-refractivity contribution in [2.45, 2.75) is 39.8 Å². The Morgan fingerprint density at radius 2 is 2.10 bits per heavy atom. The minimum Gasteiger partial charge on any atom is -0.374 e. The van der Waals surface area contributed by atoms with E-state index in [9.17, 15) is 4.79 Å². The summed E-state index contributed by atoms with van der Waals surface area (Å²) in [7, 11) is 0. The summed E-state index contributed by atoms with van der Waals surface area (Å²) < 4.78 is 5.28. The molecule has 0 fully saturated rings. The molecule has 1 amide bonds. The Kier molecular flexibility index (Phi) is 7.41. The lowest BCUT2D eigenvalue weighted by atomic mass is 10.3. The molecule has 0 spiro atoms. The number of hydrazine groups is 1. The first kappa shape index (κ1) is 17.1. The lowest BCUT2D eigenvalue weighted by Crippen LogP contribution is -2.38. The zero-order valence-corrected chi connectivity index (χ0v) is 12.8. The van der Waals surface area contributed by atoms with Crippen molar-refractivity contribution in [3.8, 4) is 0 Å². The molecule has 8 heteroatoms. The van der Waals surface area contributed by atoms with E-state index in [-0.39, 0.29) is 12.5 Å². The van der Waals surface area contributed by atoms with Gasteiger partial charge in [-0.15, -0.1) is 0 Å². The lowest BCUT2D eigenvalue weighted by molar-refractivity contribution is -0.121. The second kappa shape index (κ2) is 9.09. The first-order valence-corrected chi connectivity index (χ1v) is 7.07. The molecule has 1 unspecified atom stereocenters. The summed E-state index contributed by atoms with van der Waals surface area (Å²) in [5, 5.41) is 5.85. The zero-order chi connectivity index (χ0) is 15.7. The first-order chi connectivity index (χ1) is 10.1. The number of aromatic nitrogens is 2. The Morgan fingerprint density at radius 3 is 2.71 bits per heavy atom. The summed E-state index contributed by atoms with van der Waals surface area (Å²) in [4.78, 5) is 20.3. The van der Waals surface area contributed by atoms with Crippen LogP contribution in [0.4, 0.5) is 11.6 Å². The maximum Gasteiger partial charge on any atom is 0.242 e. The minimum absolute atomic E-state index is 0.0796. The number of ether oxygens (including phenoxy) is 1. The zero-order valence-electron chi connectivity index (χ0n) is 12.8. The third-order valence-corrected chi connectivity index (χ3v) is 2.66. The SMILES string of the molecule is CCCNC(=O)C(C)Nc1cc(NN)nc(COCC)n1. The van der Waals surface area contributed by atoms with E-state index < -0.39 is 6.04 Å². The molecule has 21 heavy (non-hydrogen) atoms. The molecule has 8 nitrogen and oxygen atoms in total. The first-order valence-electron chi connectivity index (χ1n) is 7.07. The van der Waals surface area contributed by atoms with Gasteiger partial charge in [0.05, 0.1) is 0 Å². The van der Waals surface area contributed by atoms with Crippen LogP contribution in [0, 0.1) is 0 Å². The average molecular weight is 296 g/mol. The highest BCUT2D eigenvalue weighted by Gasteiger charge is 2.13. The number of rotatable bonds is 9. The maximum absolute atomic E-state index is 11.8. The molecular weight excluding hydrogens is 272 g/mol. The third kappa shape index (κ3) is 5.92. The monoisotopic (exact) mass is 296 g/mol. The van der Waals surface area contributed by atoms with Crippen molar-refractivity contribution >= 4 is 17.5 Å².